The van der Waals surface area contributed by atoms with Gasteiger partial charge in [0, 0.05) is 5.69 Å². The molecule has 3 nitrogen and oxygen atoms in total. The fourth-order valence-corrected chi connectivity index (χ4v) is 1.71. The molecular formula is C13H16F3NO2. The van der Waals surface area contributed by atoms with Gasteiger partial charge in [-0.3, -0.25) is 0 Å². The zero-order chi connectivity index (χ0) is 14.5. The number of benzene rings is 1. The van der Waals surface area contributed by atoms with E-state index in [0.717, 1.165) is 12.5 Å². The molecule has 0 aliphatic heterocycles. The third kappa shape index (κ3) is 4.46. The number of carboxylic acid groups (broad SMARTS) is 1. The van der Waals surface area contributed by atoms with E-state index in [0.29, 0.717) is 6.42 Å². The Morgan fingerprint density at radius 2 is 2.00 bits per heavy atom. The number of para-hydroxylation sites is 1. The van der Waals surface area contributed by atoms with Gasteiger partial charge < -0.3 is 10.4 Å². The number of anilines is 1. The summed E-state index contributed by atoms with van der Waals surface area (Å²) in [6.07, 6.45) is -2.79. The number of nitrogens with one attached hydrogen (secondary N) is 1. The fraction of sp³-hybridized carbons (Fsp3) is 0.462. The average molecular weight is 275 g/mol. The van der Waals surface area contributed by atoms with Crippen molar-refractivity contribution in [2.24, 2.45) is 0 Å². The van der Waals surface area contributed by atoms with Crippen LogP contribution in [0.5, 0.6) is 0 Å². The SMILES string of the molecule is CCCCC(Nc1ccccc1C(F)(F)F)C(=O)O. The molecule has 1 aromatic carbocycles. The van der Waals surface area contributed by atoms with Crippen LogP contribution >= 0.6 is 0 Å². The van der Waals surface area contributed by atoms with Crippen LogP contribution in [0.15, 0.2) is 24.3 Å². The van der Waals surface area contributed by atoms with E-state index < -0.39 is 23.8 Å². The second-order valence-corrected chi connectivity index (χ2v) is 4.22. The Kier molecular flexibility index (Phi) is 5.20. The molecular weight excluding hydrogens is 259 g/mol. The predicted octanol–water partition coefficient (Wildman–Crippen LogP) is 3.76. The van der Waals surface area contributed by atoms with Crippen LogP contribution in [0, 0.1) is 0 Å². The minimum absolute atomic E-state index is 0.196. The lowest BCUT2D eigenvalue weighted by atomic mass is 10.1. The highest BCUT2D eigenvalue weighted by atomic mass is 19.4. The topological polar surface area (TPSA) is 49.3 Å². The standard InChI is InChI=1S/C13H16F3NO2/c1-2-3-7-11(12(18)19)17-10-8-5-4-6-9(10)13(14,15)16/h4-6,8,11,17H,2-3,7H2,1H3,(H,18,19). The average Bonchev–Trinajstić information content (AvgIpc) is 2.33. The van der Waals surface area contributed by atoms with Crippen molar-refractivity contribution in [3.8, 4) is 0 Å². The fourth-order valence-electron chi connectivity index (χ4n) is 1.71. The number of hydrogen-bond donors (Lipinski definition) is 2. The van der Waals surface area contributed by atoms with Gasteiger partial charge in [-0.25, -0.2) is 4.79 Å². The first-order chi connectivity index (χ1) is 8.86. The molecule has 6 heteroatoms. The van der Waals surface area contributed by atoms with Crippen molar-refractivity contribution in [3.63, 3.8) is 0 Å². The summed E-state index contributed by atoms with van der Waals surface area (Å²) in [5.41, 5.74) is -1.05. The second-order valence-electron chi connectivity index (χ2n) is 4.22. The molecule has 0 aromatic heterocycles. The lowest BCUT2D eigenvalue weighted by molar-refractivity contribution is -0.139. The molecule has 0 heterocycles. The van der Waals surface area contributed by atoms with Gasteiger partial charge in [-0.1, -0.05) is 31.9 Å². The first-order valence-electron chi connectivity index (χ1n) is 6.01. The Balaban J connectivity index is 2.93. The van der Waals surface area contributed by atoms with Crippen LogP contribution in [0.3, 0.4) is 0 Å². The van der Waals surface area contributed by atoms with Gasteiger partial charge in [-0.2, -0.15) is 13.2 Å². The molecule has 1 rings (SSSR count). The van der Waals surface area contributed by atoms with E-state index in [1.807, 2.05) is 6.92 Å². The number of carboxylic acids is 1. The number of hydrogen-bond acceptors (Lipinski definition) is 2. The van der Waals surface area contributed by atoms with Gasteiger partial charge in [-0.15, -0.1) is 0 Å². The van der Waals surface area contributed by atoms with Crippen LogP contribution in [-0.2, 0) is 11.0 Å². The maximum atomic E-state index is 12.8. The predicted molar refractivity (Wildman–Crippen MR) is 66.0 cm³/mol. The minimum Gasteiger partial charge on any atom is -0.480 e. The first-order valence-corrected chi connectivity index (χ1v) is 6.01. The van der Waals surface area contributed by atoms with Crippen LogP contribution < -0.4 is 5.32 Å². The summed E-state index contributed by atoms with van der Waals surface area (Å²) in [5.74, 6) is -1.15. The highest BCUT2D eigenvalue weighted by Crippen LogP contribution is 2.35. The third-order valence-corrected chi connectivity index (χ3v) is 2.71. The van der Waals surface area contributed by atoms with Gasteiger partial charge >= 0.3 is 12.1 Å². The molecule has 0 bridgehead atoms. The largest absolute Gasteiger partial charge is 0.480 e. The van der Waals surface area contributed by atoms with E-state index in [9.17, 15) is 18.0 Å². The lowest BCUT2D eigenvalue weighted by Crippen LogP contribution is -2.30. The van der Waals surface area contributed by atoms with Crippen LogP contribution in [0.25, 0.3) is 0 Å². The molecule has 0 aliphatic rings. The molecule has 0 saturated heterocycles. The number of carbonyl (C=O) groups is 1. The van der Waals surface area contributed by atoms with Crippen molar-refractivity contribution < 1.29 is 23.1 Å². The Morgan fingerprint density at radius 3 is 2.53 bits per heavy atom. The summed E-state index contributed by atoms with van der Waals surface area (Å²) in [4.78, 5) is 11.0. The Labute approximate surface area is 109 Å². The Hall–Kier alpha value is -1.72. The summed E-state index contributed by atoms with van der Waals surface area (Å²) in [7, 11) is 0. The summed E-state index contributed by atoms with van der Waals surface area (Å²) in [6.45, 7) is 1.89. The molecule has 1 atom stereocenters. The summed E-state index contributed by atoms with van der Waals surface area (Å²) >= 11 is 0. The van der Waals surface area contributed by atoms with Crippen LogP contribution in [-0.4, -0.2) is 17.1 Å². The number of halogens is 3. The molecule has 0 saturated carbocycles. The van der Waals surface area contributed by atoms with Gasteiger partial charge in [0.2, 0.25) is 0 Å². The van der Waals surface area contributed by atoms with Gasteiger partial charge in [0.1, 0.15) is 6.04 Å². The zero-order valence-corrected chi connectivity index (χ0v) is 10.5. The zero-order valence-electron chi connectivity index (χ0n) is 10.5. The number of unbranched alkanes of at least 4 members (excludes halogenated alkanes) is 1. The molecule has 0 amide bonds. The van der Waals surface area contributed by atoms with Crippen molar-refractivity contribution in [1.82, 2.24) is 0 Å². The van der Waals surface area contributed by atoms with E-state index in [1.165, 1.54) is 18.2 Å². The lowest BCUT2D eigenvalue weighted by Gasteiger charge is -2.19. The number of aliphatic carboxylic acids is 1. The summed E-state index contributed by atoms with van der Waals surface area (Å²) < 4.78 is 38.3. The molecule has 106 valence electrons. The van der Waals surface area contributed by atoms with Gasteiger partial charge in [0.05, 0.1) is 5.56 Å². The monoisotopic (exact) mass is 275 g/mol. The highest BCUT2D eigenvalue weighted by molar-refractivity contribution is 5.77. The van der Waals surface area contributed by atoms with E-state index in [1.54, 1.807) is 0 Å². The first kappa shape index (κ1) is 15.3. The van der Waals surface area contributed by atoms with Crippen LogP contribution in [0.2, 0.25) is 0 Å². The van der Waals surface area contributed by atoms with Crippen molar-refractivity contribution in [2.45, 2.75) is 38.4 Å². The van der Waals surface area contributed by atoms with E-state index >= 15 is 0 Å². The molecule has 0 fully saturated rings. The maximum Gasteiger partial charge on any atom is 0.418 e. The quantitative estimate of drug-likeness (QED) is 0.831. The van der Waals surface area contributed by atoms with Crippen LogP contribution in [0.4, 0.5) is 18.9 Å². The number of rotatable bonds is 6. The Bertz CT molecular complexity index is 432. The normalized spacial score (nSPS) is 13.1. The minimum atomic E-state index is -4.50. The van der Waals surface area contributed by atoms with E-state index in [-0.39, 0.29) is 12.1 Å². The molecule has 2 N–H and O–H groups in total. The summed E-state index contributed by atoms with van der Waals surface area (Å²) in [5, 5.41) is 11.5. The molecule has 0 spiro atoms. The molecule has 1 unspecified atom stereocenters. The molecule has 1 aromatic rings. The third-order valence-electron chi connectivity index (χ3n) is 2.71. The maximum absolute atomic E-state index is 12.8. The summed E-state index contributed by atoms with van der Waals surface area (Å²) in [6, 6.07) is 3.88. The van der Waals surface area contributed by atoms with Gasteiger partial charge in [0.15, 0.2) is 0 Å². The van der Waals surface area contributed by atoms with E-state index in [4.69, 9.17) is 5.11 Å². The molecule has 0 aliphatic carbocycles. The molecule has 0 radical (unpaired) electrons. The van der Waals surface area contributed by atoms with Crippen molar-refractivity contribution >= 4 is 11.7 Å². The number of alkyl halides is 3. The van der Waals surface area contributed by atoms with Crippen molar-refractivity contribution in [2.75, 3.05) is 5.32 Å². The van der Waals surface area contributed by atoms with E-state index in [2.05, 4.69) is 5.32 Å². The van der Waals surface area contributed by atoms with Crippen molar-refractivity contribution in [3.05, 3.63) is 29.8 Å². The van der Waals surface area contributed by atoms with Crippen LogP contribution in [0.1, 0.15) is 31.7 Å². The Morgan fingerprint density at radius 1 is 1.37 bits per heavy atom. The van der Waals surface area contributed by atoms with Gasteiger partial charge in [-0.05, 0) is 18.6 Å². The highest BCUT2D eigenvalue weighted by Gasteiger charge is 2.34. The smallest absolute Gasteiger partial charge is 0.418 e. The van der Waals surface area contributed by atoms with Crippen molar-refractivity contribution in [1.29, 1.82) is 0 Å². The second kappa shape index (κ2) is 6.45. The van der Waals surface area contributed by atoms with Gasteiger partial charge in [0.25, 0.3) is 0 Å². The molecule has 19 heavy (non-hydrogen) atoms.